The van der Waals surface area contributed by atoms with Gasteiger partial charge in [-0.2, -0.15) is 5.10 Å². The van der Waals surface area contributed by atoms with Crippen molar-refractivity contribution in [3.8, 4) is 11.5 Å². The molecule has 9 heteroatoms. The lowest BCUT2D eigenvalue weighted by Crippen LogP contribution is -2.42. The molecule has 0 radical (unpaired) electrons. The molecule has 2 N–H and O–H groups in total. The number of pyridine rings is 1. The number of fused-ring (bicyclic) bond motifs is 2. The van der Waals surface area contributed by atoms with Gasteiger partial charge in [-0.05, 0) is 63.1 Å². The number of ether oxygens (including phenoxy) is 1. The number of hydrogen-bond donors (Lipinski definition) is 2. The van der Waals surface area contributed by atoms with Crippen LogP contribution in [-0.4, -0.2) is 50.7 Å². The van der Waals surface area contributed by atoms with Gasteiger partial charge in [-0.15, -0.1) is 0 Å². The molecule has 2 aromatic carbocycles. The van der Waals surface area contributed by atoms with Gasteiger partial charge in [0.2, 0.25) is 0 Å². The largest absolute Gasteiger partial charge is 0.453 e. The average molecular weight is 538 g/mol. The fraction of sp³-hybridized carbons (Fsp3) is 0.323. The van der Waals surface area contributed by atoms with Crippen LogP contribution >= 0.6 is 0 Å². The fourth-order valence-corrected chi connectivity index (χ4v) is 5.62. The Kier molecular flexibility index (Phi) is 6.89. The van der Waals surface area contributed by atoms with Gasteiger partial charge in [0.25, 0.3) is 5.91 Å². The van der Waals surface area contributed by atoms with E-state index < -0.39 is 0 Å². The number of piperidine rings is 1. The Morgan fingerprint density at radius 3 is 2.67 bits per heavy atom. The molecule has 0 bridgehead atoms. The van der Waals surface area contributed by atoms with E-state index in [1.807, 2.05) is 80.3 Å². The Bertz CT molecular complexity index is 1700. The Labute approximate surface area is 233 Å². The van der Waals surface area contributed by atoms with E-state index in [9.17, 15) is 4.79 Å². The van der Waals surface area contributed by atoms with Crippen LogP contribution in [0.5, 0.6) is 11.5 Å². The number of aryl methyl sites for hydroxylation is 3. The van der Waals surface area contributed by atoms with E-state index in [1.54, 1.807) is 4.68 Å². The van der Waals surface area contributed by atoms with Crippen molar-refractivity contribution >= 4 is 33.8 Å². The summed E-state index contributed by atoms with van der Waals surface area (Å²) < 4.78 is 9.90. The molecule has 1 amide bonds. The molecule has 3 aromatic heterocycles. The molecule has 0 unspecified atom stereocenters. The molecule has 5 aromatic rings. The molecule has 4 heterocycles. The fourth-order valence-electron chi connectivity index (χ4n) is 5.62. The molecule has 1 saturated heterocycles. The zero-order valence-electron chi connectivity index (χ0n) is 23.4. The van der Waals surface area contributed by atoms with Crippen molar-refractivity contribution in [1.82, 2.24) is 24.5 Å². The quantitative estimate of drug-likeness (QED) is 0.287. The van der Waals surface area contributed by atoms with Crippen LogP contribution in [0.15, 0.2) is 61.1 Å². The molecule has 6 rings (SSSR count). The summed E-state index contributed by atoms with van der Waals surface area (Å²) in [4.78, 5) is 20.7. The SMILES string of the molecule is CCNC1CCN(c2ccc(C(=O)Nc3cc(Oc4cccc(C)c4)c4nc(C)cn4c3)c3nn(C)cc23)CC1. The maximum Gasteiger partial charge on any atom is 0.257 e. The summed E-state index contributed by atoms with van der Waals surface area (Å²) in [6, 6.07) is 14.2. The number of aromatic nitrogens is 4. The van der Waals surface area contributed by atoms with Gasteiger partial charge in [-0.25, -0.2) is 4.98 Å². The minimum absolute atomic E-state index is 0.223. The van der Waals surface area contributed by atoms with E-state index in [2.05, 4.69) is 38.6 Å². The molecule has 9 nitrogen and oxygen atoms in total. The van der Waals surface area contributed by atoms with Crippen molar-refractivity contribution in [1.29, 1.82) is 0 Å². The van der Waals surface area contributed by atoms with Crippen molar-refractivity contribution in [2.75, 3.05) is 29.9 Å². The summed E-state index contributed by atoms with van der Waals surface area (Å²) in [6.45, 7) is 9.05. The van der Waals surface area contributed by atoms with Gasteiger partial charge in [0.05, 0.1) is 16.9 Å². The number of benzene rings is 2. The molecule has 1 aliphatic heterocycles. The summed E-state index contributed by atoms with van der Waals surface area (Å²) >= 11 is 0. The van der Waals surface area contributed by atoms with Crippen LogP contribution in [0.4, 0.5) is 11.4 Å². The third-order valence-corrected chi connectivity index (χ3v) is 7.45. The minimum atomic E-state index is -0.223. The Hall–Kier alpha value is -4.37. The first-order chi connectivity index (χ1) is 19.4. The van der Waals surface area contributed by atoms with E-state index in [-0.39, 0.29) is 5.91 Å². The van der Waals surface area contributed by atoms with Crippen molar-refractivity contribution in [3.05, 3.63) is 77.9 Å². The van der Waals surface area contributed by atoms with E-state index in [0.29, 0.717) is 40.0 Å². The highest BCUT2D eigenvalue weighted by Crippen LogP contribution is 2.33. The number of nitrogens with one attached hydrogen (secondary N) is 2. The van der Waals surface area contributed by atoms with Gasteiger partial charge >= 0.3 is 0 Å². The zero-order valence-corrected chi connectivity index (χ0v) is 23.4. The molecule has 206 valence electrons. The molecule has 0 aliphatic carbocycles. The van der Waals surface area contributed by atoms with Crippen molar-refractivity contribution in [2.24, 2.45) is 7.05 Å². The summed E-state index contributed by atoms with van der Waals surface area (Å²) in [7, 11) is 1.90. The van der Waals surface area contributed by atoms with E-state index in [1.165, 1.54) is 0 Å². The van der Waals surface area contributed by atoms with Crippen molar-refractivity contribution < 1.29 is 9.53 Å². The van der Waals surface area contributed by atoms with Crippen LogP contribution in [0.2, 0.25) is 0 Å². The number of hydrogen-bond acceptors (Lipinski definition) is 6. The molecule has 1 fully saturated rings. The Morgan fingerprint density at radius 2 is 1.90 bits per heavy atom. The first-order valence-corrected chi connectivity index (χ1v) is 13.9. The van der Waals surface area contributed by atoms with E-state index in [0.717, 1.165) is 54.8 Å². The first-order valence-electron chi connectivity index (χ1n) is 13.9. The van der Waals surface area contributed by atoms with Crippen LogP contribution in [0, 0.1) is 13.8 Å². The van der Waals surface area contributed by atoms with Crippen LogP contribution in [0.1, 0.15) is 41.4 Å². The number of nitrogens with zero attached hydrogens (tertiary/aromatic N) is 5. The Morgan fingerprint density at radius 1 is 1.07 bits per heavy atom. The van der Waals surface area contributed by atoms with Crippen molar-refractivity contribution in [3.63, 3.8) is 0 Å². The highest BCUT2D eigenvalue weighted by Gasteiger charge is 2.23. The monoisotopic (exact) mass is 537 g/mol. The highest BCUT2D eigenvalue weighted by atomic mass is 16.5. The summed E-state index contributed by atoms with van der Waals surface area (Å²) in [5.41, 5.74) is 5.61. The van der Waals surface area contributed by atoms with Gasteiger partial charge in [0.1, 0.15) is 11.3 Å². The number of carbonyl (C=O) groups is 1. The van der Waals surface area contributed by atoms with Gasteiger partial charge in [0, 0.05) is 61.9 Å². The second-order valence-electron chi connectivity index (χ2n) is 10.6. The van der Waals surface area contributed by atoms with Gasteiger partial charge < -0.3 is 24.7 Å². The summed E-state index contributed by atoms with van der Waals surface area (Å²) in [5, 5.41) is 12.3. The number of carbonyl (C=O) groups excluding carboxylic acids is 1. The second kappa shape index (κ2) is 10.7. The third-order valence-electron chi connectivity index (χ3n) is 7.45. The molecule has 40 heavy (non-hydrogen) atoms. The van der Waals surface area contributed by atoms with Crippen molar-refractivity contribution in [2.45, 2.75) is 39.7 Å². The highest BCUT2D eigenvalue weighted by molar-refractivity contribution is 6.14. The smallest absolute Gasteiger partial charge is 0.257 e. The summed E-state index contributed by atoms with van der Waals surface area (Å²) in [6.07, 6.45) is 7.97. The lowest BCUT2D eigenvalue weighted by atomic mass is 10.0. The predicted octanol–water partition coefficient (Wildman–Crippen LogP) is 5.46. The molecule has 0 saturated carbocycles. The first kappa shape index (κ1) is 25.9. The lowest BCUT2D eigenvalue weighted by molar-refractivity contribution is 0.102. The maximum absolute atomic E-state index is 13.6. The third kappa shape index (κ3) is 5.12. The van der Waals surface area contributed by atoms with Crippen LogP contribution in [0.25, 0.3) is 16.6 Å². The number of rotatable bonds is 7. The number of imidazole rings is 1. The standard InChI is InChI=1S/C31H35N7O2/c1-5-32-22-11-13-37(14-12-22)27-10-9-25(29-26(27)19-36(4)35-29)31(39)34-23-16-28(30-33-21(3)17-38(30)18-23)40-24-8-6-7-20(2)15-24/h6-10,15-19,22,32H,5,11-14H2,1-4H3,(H,34,39). The average Bonchev–Trinajstić information content (AvgIpc) is 3.50. The molecular weight excluding hydrogens is 502 g/mol. The number of anilines is 2. The molecule has 1 aliphatic rings. The topological polar surface area (TPSA) is 88.7 Å². The normalized spacial score (nSPS) is 14.2. The Balaban J connectivity index is 1.30. The molecular formula is C31H35N7O2. The van der Waals surface area contributed by atoms with Crippen LogP contribution in [-0.2, 0) is 7.05 Å². The van der Waals surface area contributed by atoms with Gasteiger partial charge in [0.15, 0.2) is 11.4 Å². The van der Waals surface area contributed by atoms with Gasteiger partial charge in [-0.1, -0.05) is 19.1 Å². The van der Waals surface area contributed by atoms with E-state index in [4.69, 9.17) is 4.74 Å². The minimum Gasteiger partial charge on any atom is -0.453 e. The lowest BCUT2D eigenvalue weighted by Gasteiger charge is -2.34. The molecule has 0 atom stereocenters. The van der Waals surface area contributed by atoms with Crippen LogP contribution < -0.4 is 20.3 Å². The zero-order chi connectivity index (χ0) is 27.8. The maximum atomic E-state index is 13.6. The van der Waals surface area contributed by atoms with Crippen LogP contribution in [0.3, 0.4) is 0 Å². The second-order valence-corrected chi connectivity index (χ2v) is 10.6. The van der Waals surface area contributed by atoms with E-state index >= 15 is 0 Å². The number of amides is 1. The molecule has 0 spiro atoms. The van der Waals surface area contributed by atoms with Gasteiger partial charge in [-0.3, -0.25) is 9.48 Å². The predicted molar refractivity (Wildman–Crippen MR) is 159 cm³/mol. The summed E-state index contributed by atoms with van der Waals surface area (Å²) in [5.74, 6) is 1.06.